The van der Waals surface area contributed by atoms with Gasteiger partial charge in [0, 0.05) is 13.1 Å². The van der Waals surface area contributed by atoms with Crippen LogP contribution in [0, 0.1) is 0 Å². The fourth-order valence-electron chi connectivity index (χ4n) is 3.09. The first-order valence-corrected chi connectivity index (χ1v) is 7.73. The Bertz CT molecular complexity index is 570. The quantitative estimate of drug-likeness (QED) is 0.894. The van der Waals surface area contributed by atoms with Crippen molar-refractivity contribution in [2.24, 2.45) is 5.73 Å². The summed E-state index contributed by atoms with van der Waals surface area (Å²) in [4.78, 5) is 27.6. The van der Waals surface area contributed by atoms with E-state index < -0.39 is 12.0 Å². The van der Waals surface area contributed by atoms with Gasteiger partial charge in [0.05, 0.1) is 18.8 Å². The van der Waals surface area contributed by atoms with Gasteiger partial charge >= 0.3 is 0 Å². The number of carbonyl (C=O) groups excluding carboxylic acids is 2. The molecular formula is C16H21N3O3. The molecule has 0 aromatic heterocycles. The first kappa shape index (κ1) is 14.7. The highest BCUT2D eigenvalue weighted by Crippen LogP contribution is 2.33. The second-order valence-electron chi connectivity index (χ2n) is 5.81. The first-order valence-electron chi connectivity index (χ1n) is 7.73. The molecule has 1 aromatic carbocycles. The molecule has 0 saturated carbocycles. The standard InChI is InChI=1S/C16H21N3O3/c17-15(20)11-19-10-14(16(21)18-8-4-1-5-9-18)22-13-7-3-2-6-12(13)19/h2-3,6-7,14H,1,4-5,8-11H2,(H2,17,20)/t14-/m0/s1. The van der Waals surface area contributed by atoms with Crippen molar-refractivity contribution in [2.45, 2.75) is 25.4 Å². The van der Waals surface area contributed by atoms with E-state index in [0.29, 0.717) is 12.3 Å². The lowest BCUT2D eigenvalue weighted by Crippen LogP contribution is -2.52. The smallest absolute Gasteiger partial charge is 0.265 e. The summed E-state index contributed by atoms with van der Waals surface area (Å²) in [5.41, 5.74) is 6.14. The molecule has 0 spiro atoms. The summed E-state index contributed by atoms with van der Waals surface area (Å²) < 4.78 is 5.87. The number of anilines is 1. The van der Waals surface area contributed by atoms with E-state index in [0.717, 1.165) is 31.6 Å². The molecule has 0 bridgehead atoms. The third-order valence-electron chi connectivity index (χ3n) is 4.15. The van der Waals surface area contributed by atoms with Crippen LogP contribution in [0.15, 0.2) is 24.3 Å². The number of rotatable bonds is 3. The van der Waals surface area contributed by atoms with E-state index in [1.807, 2.05) is 34.1 Å². The number of piperidine rings is 1. The Morgan fingerprint density at radius 1 is 1.18 bits per heavy atom. The van der Waals surface area contributed by atoms with Crippen LogP contribution >= 0.6 is 0 Å². The van der Waals surface area contributed by atoms with Crippen LogP contribution in [0.5, 0.6) is 5.75 Å². The molecular weight excluding hydrogens is 282 g/mol. The minimum Gasteiger partial charge on any atom is -0.477 e. The first-order chi connectivity index (χ1) is 10.6. The molecule has 2 aliphatic rings. The number of ether oxygens (including phenoxy) is 1. The number of nitrogens with two attached hydrogens (primary N) is 1. The Hall–Kier alpha value is -2.24. The van der Waals surface area contributed by atoms with Crippen LogP contribution in [0.2, 0.25) is 0 Å². The Morgan fingerprint density at radius 2 is 1.91 bits per heavy atom. The van der Waals surface area contributed by atoms with E-state index in [2.05, 4.69) is 0 Å². The molecule has 0 radical (unpaired) electrons. The van der Waals surface area contributed by atoms with Crippen LogP contribution in [0.3, 0.4) is 0 Å². The van der Waals surface area contributed by atoms with Crippen molar-refractivity contribution in [1.82, 2.24) is 4.90 Å². The molecule has 1 saturated heterocycles. The van der Waals surface area contributed by atoms with Crippen LogP contribution in [-0.2, 0) is 9.59 Å². The average molecular weight is 303 g/mol. The van der Waals surface area contributed by atoms with Gasteiger partial charge in [-0.15, -0.1) is 0 Å². The van der Waals surface area contributed by atoms with Crippen LogP contribution < -0.4 is 15.4 Å². The second-order valence-corrected chi connectivity index (χ2v) is 5.81. The molecule has 2 N–H and O–H groups in total. The van der Waals surface area contributed by atoms with Gasteiger partial charge in [-0.2, -0.15) is 0 Å². The third kappa shape index (κ3) is 3.00. The maximum absolute atomic E-state index is 12.7. The summed E-state index contributed by atoms with van der Waals surface area (Å²) in [6.07, 6.45) is 2.68. The summed E-state index contributed by atoms with van der Waals surface area (Å²) in [6, 6.07) is 7.43. The zero-order chi connectivity index (χ0) is 15.5. The predicted molar refractivity (Wildman–Crippen MR) is 82.7 cm³/mol. The Balaban J connectivity index is 1.79. The molecule has 0 unspecified atom stereocenters. The zero-order valence-electron chi connectivity index (χ0n) is 12.5. The van der Waals surface area contributed by atoms with E-state index in [1.165, 1.54) is 6.42 Å². The summed E-state index contributed by atoms with van der Waals surface area (Å²) >= 11 is 0. The molecule has 1 atom stereocenters. The minimum atomic E-state index is -0.577. The van der Waals surface area contributed by atoms with E-state index in [1.54, 1.807) is 0 Å². The van der Waals surface area contributed by atoms with Gasteiger partial charge in [-0.3, -0.25) is 9.59 Å². The van der Waals surface area contributed by atoms with E-state index in [9.17, 15) is 9.59 Å². The van der Waals surface area contributed by atoms with Crippen LogP contribution in [0.1, 0.15) is 19.3 Å². The largest absolute Gasteiger partial charge is 0.477 e. The van der Waals surface area contributed by atoms with Gasteiger partial charge in [-0.1, -0.05) is 12.1 Å². The predicted octanol–water partition coefficient (Wildman–Crippen LogP) is 0.752. The molecule has 0 aliphatic carbocycles. The van der Waals surface area contributed by atoms with Crippen LogP contribution in [0.4, 0.5) is 5.69 Å². The molecule has 3 rings (SSSR count). The number of benzene rings is 1. The Morgan fingerprint density at radius 3 is 2.64 bits per heavy atom. The van der Waals surface area contributed by atoms with Crippen molar-refractivity contribution in [2.75, 3.05) is 31.1 Å². The van der Waals surface area contributed by atoms with Gasteiger partial charge in [0.15, 0.2) is 6.10 Å². The highest BCUT2D eigenvalue weighted by atomic mass is 16.5. The molecule has 2 amide bonds. The van der Waals surface area contributed by atoms with Crippen molar-refractivity contribution in [3.8, 4) is 5.75 Å². The zero-order valence-corrected chi connectivity index (χ0v) is 12.5. The van der Waals surface area contributed by atoms with Gasteiger partial charge in [-0.25, -0.2) is 0 Å². The molecule has 22 heavy (non-hydrogen) atoms. The number of carbonyl (C=O) groups is 2. The lowest BCUT2D eigenvalue weighted by atomic mass is 10.1. The number of likely N-dealkylation sites (tertiary alicyclic amines) is 1. The van der Waals surface area contributed by atoms with Crippen molar-refractivity contribution in [3.63, 3.8) is 0 Å². The Kier molecular flexibility index (Phi) is 4.18. The molecule has 6 nitrogen and oxygen atoms in total. The number of hydrogen-bond acceptors (Lipinski definition) is 4. The fraction of sp³-hybridized carbons (Fsp3) is 0.500. The monoisotopic (exact) mass is 303 g/mol. The molecule has 1 aromatic rings. The normalized spacial score (nSPS) is 21.0. The summed E-state index contributed by atoms with van der Waals surface area (Å²) in [7, 11) is 0. The molecule has 2 aliphatic heterocycles. The lowest BCUT2D eigenvalue weighted by molar-refractivity contribution is -0.139. The fourth-order valence-corrected chi connectivity index (χ4v) is 3.09. The lowest BCUT2D eigenvalue weighted by Gasteiger charge is -2.37. The highest BCUT2D eigenvalue weighted by molar-refractivity contribution is 5.85. The van der Waals surface area contributed by atoms with E-state index in [4.69, 9.17) is 10.5 Å². The topological polar surface area (TPSA) is 75.9 Å². The number of amides is 2. The van der Waals surface area contributed by atoms with Gasteiger partial charge in [0.25, 0.3) is 5.91 Å². The molecule has 1 fully saturated rings. The number of fused-ring (bicyclic) bond motifs is 1. The Labute approximate surface area is 129 Å². The number of hydrogen-bond donors (Lipinski definition) is 1. The van der Waals surface area contributed by atoms with Crippen molar-refractivity contribution in [3.05, 3.63) is 24.3 Å². The number of para-hydroxylation sites is 2. The van der Waals surface area contributed by atoms with E-state index >= 15 is 0 Å². The van der Waals surface area contributed by atoms with E-state index in [-0.39, 0.29) is 12.5 Å². The summed E-state index contributed by atoms with van der Waals surface area (Å²) in [6.45, 7) is 2.02. The molecule has 6 heteroatoms. The number of nitrogens with zero attached hydrogens (tertiary/aromatic N) is 2. The summed E-state index contributed by atoms with van der Waals surface area (Å²) in [5, 5.41) is 0. The van der Waals surface area contributed by atoms with Gasteiger partial charge in [0.2, 0.25) is 5.91 Å². The SMILES string of the molecule is NC(=O)CN1C[C@@H](C(=O)N2CCCCC2)Oc2ccccc21. The van der Waals surface area contributed by atoms with Crippen molar-refractivity contribution in [1.29, 1.82) is 0 Å². The van der Waals surface area contributed by atoms with Crippen LogP contribution in [-0.4, -0.2) is 49.0 Å². The van der Waals surface area contributed by atoms with Crippen LogP contribution in [0.25, 0.3) is 0 Å². The van der Waals surface area contributed by atoms with Gasteiger partial charge in [0.1, 0.15) is 5.75 Å². The average Bonchev–Trinajstić information content (AvgIpc) is 2.54. The molecule has 118 valence electrons. The van der Waals surface area contributed by atoms with Crippen molar-refractivity contribution >= 4 is 17.5 Å². The molecule has 2 heterocycles. The van der Waals surface area contributed by atoms with Crippen molar-refractivity contribution < 1.29 is 14.3 Å². The second kappa shape index (κ2) is 6.25. The summed E-state index contributed by atoms with van der Waals surface area (Å²) in [5.74, 6) is 0.218. The van der Waals surface area contributed by atoms with Gasteiger partial charge < -0.3 is 20.3 Å². The maximum atomic E-state index is 12.7. The number of primary amides is 1. The van der Waals surface area contributed by atoms with Gasteiger partial charge in [-0.05, 0) is 31.4 Å². The third-order valence-corrected chi connectivity index (χ3v) is 4.15. The minimum absolute atomic E-state index is 0.00340. The maximum Gasteiger partial charge on any atom is 0.265 e. The highest BCUT2D eigenvalue weighted by Gasteiger charge is 2.34.